The van der Waals surface area contributed by atoms with Gasteiger partial charge in [0.2, 0.25) is 10.0 Å². The van der Waals surface area contributed by atoms with Crippen LogP contribution in [-0.4, -0.2) is 55.1 Å². The number of aromatic nitrogens is 2. The van der Waals surface area contributed by atoms with Crippen LogP contribution in [0.15, 0.2) is 52.6 Å². The van der Waals surface area contributed by atoms with Crippen LogP contribution in [0.2, 0.25) is 0 Å². The lowest BCUT2D eigenvalue weighted by molar-refractivity contribution is 0.346. The SMILES string of the molecule is CN=C(NCCCn1cccn1)NCc1ccc(S(=O)(=O)N2CCCCC2)cc1.I. The number of benzene rings is 1. The molecule has 1 aromatic heterocycles. The fraction of sp³-hybridized carbons (Fsp3) is 0.500. The second-order valence-electron chi connectivity index (χ2n) is 7.08. The average Bonchev–Trinajstić information content (AvgIpc) is 3.28. The molecule has 0 atom stereocenters. The molecule has 10 heteroatoms. The maximum absolute atomic E-state index is 12.7. The summed E-state index contributed by atoms with van der Waals surface area (Å²) >= 11 is 0. The summed E-state index contributed by atoms with van der Waals surface area (Å²) in [5.41, 5.74) is 1.00. The molecule has 2 aromatic rings. The summed E-state index contributed by atoms with van der Waals surface area (Å²) in [6, 6.07) is 9.02. The molecular weight excluding hydrogens is 515 g/mol. The molecule has 166 valence electrons. The molecule has 0 aliphatic carbocycles. The van der Waals surface area contributed by atoms with Crippen molar-refractivity contribution in [2.45, 2.75) is 43.7 Å². The minimum absolute atomic E-state index is 0. The molecule has 1 fully saturated rings. The molecule has 0 spiro atoms. The average molecular weight is 546 g/mol. The number of nitrogens with zero attached hydrogens (tertiary/aromatic N) is 4. The van der Waals surface area contributed by atoms with E-state index in [1.807, 2.05) is 29.1 Å². The largest absolute Gasteiger partial charge is 0.356 e. The van der Waals surface area contributed by atoms with Crippen LogP contribution in [0.3, 0.4) is 0 Å². The van der Waals surface area contributed by atoms with Crippen LogP contribution in [0.1, 0.15) is 31.2 Å². The first-order chi connectivity index (χ1) is 14.1. The molecule has 0 radical (unpaired) electrons. The quantitative estimate of drug-likeness (QED) is 0.230. The molecule has 1 aromatic carbocycles. The van der Waals surface area contributed by atoms with Crippen molar-refractivity contribution < 1.29 is 8.42 Å². The van der Waals surface area contributed by atoms with Gasteiger partial charge in [-0.1, -0.05) is 18.6 Å². The van der Waals surface area contributed by atoms with E-state index in [0.29, 0.717) is 24.5 Å². The van der Waals surface area contributed by atoms with Crippen molar-refractivity contribution >= 4 is 40.0 Å². The van der Waals surface area contributed by atoms with Gasteiger partial charge in [-0.05, 0) is 43.0 Å². The van der Waals surface area contributed by atoms with E-state index in [9.17, 15) is 8.42 Å². The summed E-state index contributed by atoms with van der Waals surface area (Å²) in [5.74, 6) is 0.718. The summed E-state index contributed by atoms with van der Waals surface area (Å²) in [6.45, 7) is 3.45. The fourth-order valence-electron chi connectivity index (χ4n) is 3.32. The van der Waals surface area contributed by atoms with Crippen LogP contribution in [-0.2, 0) is 23.1 Å². The van der Waals surface area contributed by atoms with E-state index < -0.39 is 10.0 Å². The van der Waals surface area contributed by atoms with Gasteiger partial charge in [0.15, 0.2) is 5.96 Å². The van der Waals surface area contributed by atoms with E-state index in [-0.39, 0.29) is 24.0 Å². The third-order valence-electron chi connectivity index (χ3n) is 4.98. The van der Waals surface area contributed by atoms with E-state index in [1.165, 1.54) is 0 Å². The summed E-state index contributed by atoms with van der Waals surface area (Å²) < 4.78 is 28.9. The Bertz CT molecular complexity index is 879. The Morgan fingerprint density at radius 3 is 2.50 bits per heavy atom. The molecule has 8 nitrogen and oxygen atoms in total. The molecule has 0 saturated carbocycles. The molecule has 1 aliphatic rings. The zero-order valence-corrected chi connectivity index (χ0v) is 20.5. The highest BCUT2D eigenvalue weighted by Crippen LogP contribution is 2.20. The summed E-state index contributed by atoms with van der Waals surface area (Å²) in [5, 5.41) is 10.7. The van der Waals surface area contributed by atoms with Crippen LogP contribution in [0, 0.1) is 0 Å². The first-order valence-corrected chi connectivity index (χ1v) is 11.5. The normalized spacial score (nSPS) is 15.4. The number of aliphatic imine (C=N–C) groups is 1. The Morgan fingerprint density at radius 2 is 1.87 bits per heavy atom. The second kappa shape index (κ2) is 12.3. The zero-order valence-electron chi connectivity index (χ0n) is 17.3. The van der Waals surface area contributed by atoms with Crippen molar-refractivity contribution in [3.05, 3.63) is 48.3 Å². The number of guanidine groups is 1. The number of piperidine rings is 1. The number of nitrogens with one attached hydrogen (secondary N) is 2. The highest BCUT2D eigenvalue weighted by molar-refractivity contribution is 14.0. The van der Waals surface area contributed by atoms with Crippen LogP contribution in [0.25, 0.3) is 0 Å². The van der Waals surface area contributed by atoms with Gasteiger partial charge in [0.1, 0.15) is 0 Å². The molecule has 1 aliphatic heterocycles. The summed E-state index contributed by atoms with van der Waals surface area (Å²) in [6.07, 6.45) is 7.64. The van der Waals surface area contributed by atoms with Crippen LogP contribution >= 0.6 is 24.0 Å². The smallest absolute Gasteiger partial charge is 0.243 e. The fourth-order valence-corrected chi connectivity index (χ4v) is 4.84. The van der Waals surface area contributed by atoms with Crippen molar-refractivity contribution in [3.8, 4) is 0 Å². The highest BCUT2D eigenvalue weighted by atomic mass is 127. The minimum atomic E-state index is -3.38. The second-order valence-corrected chi connectivity index (χ2v) is 9.02. The number of hydrogen-bond donors (Lipinski definition) is 2. The highest BCUT2D eigenvalue weighted by Gasteiger charge is 2.25. The van der Waals surface area contributed by atoms with Crippen molar-refractivity contribution in [2.75, 3.05) is 26.7 Å². The van der Waals surface area contributed by atoms with E-state index in [1.54, 1.807) is 29.7 Å². The lowest BCUT2D eigenvalue weighted by Gasteiger charge is -2.25. The number of rotatable bonds is 8. The Hall–Kier alpha value is -1.66. The third kappa shape index (κ3) is 6.95. The monoisotopic (exact) mass is 546 g/mol. The van der Waals surface area contributed by atoms with Gasteiger partial charge in [-0.15, -0.1) is 24.0 Å². The van der Waals surface area contributed by atoms with Crippen LogP contribution < -0.4 is 10.6 Å². The van der Waals surface area contributed by atoms with E-state index >= 15 is 0 Å². The standard InChI is InChI=1S/C20H30N6O2S.HI/c1-21-20(22-11-5-13-25-14-6-12-24-25)23-17-18-7-9-19(10-8-18)29(27,28)26-15-3-2-4-16-26;/h6-10,12,14H,2-5,11,13,15-17H2,1H3,(H2,21,22,23);1H. The van der Waals surface area contributed by atoms with Gasteiger partial charge in [0.05, 0.1) is 4.90 Å². The zero-order chi connectivity index (χ0) is 20.5. The summed E-state index contributed by atoms with van der Waals surface area (Å²) in [4.78, 5) is 4.59. The van der Waals surface area contributed by atoms with Gasteiger partial charge in [-0.3, -0.25) is 9.67 Å². The van der Waals surface area contributed by atoms with Crippen LogP contribution in [0.4, 0.5) is 0 Å². The molecule has 30 heavy (non-hydrogen) atoms. The predicted molar refractivity (Wildman–Crippen MR) is 130 cm³/mol. The lowest BCUT2D eigenvalue weighted by atomic mass is 10.2. The maximum atomic E-state index is 12.7. The molecular formula is C20H31IN6O2S. The van der Waals surface area contributed by atoms with Gasteiger partial charge < -0.3 is 10.6 Å². The van der Waals surface area contributed by atoms with Crippen molar-refractivity contribution in [3.63, 3.8) is 0 Å². The van der Waals surface area contributed by atoms with Gasteiger partial charge in [-0.2, -0.15) is 9.40 Å². The number of halogens is 1. The van der Waals surface area contributed by atoms with Gasteiger partial charge in [0.25, 0.3) is 0 Å². The number of sulfonamides is 1. The van der Waals surface area contributed by atoms with Crippen LogP contribution in [0.5, 0.6) is 0 Å². The van der Waals surface area contributed by atoms with E-state index in [2.05, 4.69) is 20.7 Å². The van der Waals surface area contributed by atoms with Gasteiger partial charge in [-0.25, -0.2) is 8.42 Å². The first kappa shape index (κ1) is 24.6. The lowest BCUT2D eigenvalue weighted by Crippen LogP contribution is -2.37. The molecule has 0 unspecified atom stereocenters. The maximum Gasteiger partial charge on any atom is 0.243 e. The molecule has 0 amide bonds. The Balaban J connectivity index is 0.00000320. The van der Waals surface area contributed by atoms with Gasteiger partial charge in [0, 0.05) is 52.2 Å². The Morgan fingerprint density at radius 1 is 1.13 bits per heavy atom. The predicted octanol–water partition coefficient (Wildman–Crippen LogP) is 2.43. The molecule has 0 bridgehead atoms. The van der Waals surface area contributed by atoms with Crippen molar-refractivity contribution in [2.24, 2.45) is 4.99 Å². The Labute approximate surface area is 196 Å². The number of hydrogen-bond acceptors (Lipinski definition) is 4. The van der Waals surface area contributed by atoms with Gasteiger partial charge >= 0.3 is 0 Å². The summed E-state index contributed by atoms with van der Waals surface area (Å²) in [7, 11) is -1.65. The first-order valence-electron chi connectivity index (χ1n) is 10.1. The number of aryl methyl sites for hydroxylation is 1. The molecule has 3 rings (SSSR count). The van der Waals surface area contributed by atoms with E-state index in [0.717, 1.165) is 50.3 Å². The molecule has 1 saturated heterocycles. The topological polar surface area (TPSA) is 91.6 Å². The van der Waals surface area contributed by atoms with E-state index in [4.69, 9.17) is 0 Å². The third-order valence-corrected chi connectivity index (χ3v) is 6.89. The minimum Gasteiger partial charge on any atom is -0.356 e. The molecule has 2 heterocycles. The molecule has 2 N–H and O–H groups in total. The van der Waals surface area contributed by atoms with Crippen molar-refractivity contribution in [1.82, 2.24) is 24.7 Å². The Kier molecular flexibility index (Phi) is 10.1. The van der Waals surface area contributed by atoms with Crippen molar-refractivity contribution in [1.29, 1.82) is 0 Å².